The Hall–Kier alpha value is -3.10. The molecule has 0 atom stereocenters. The zero-order valence-corrected chi connectivity index (χ0v) is 13.9. The van der Waals surface area contributed by atoms with E-state index in [4.69, 9.17) is 9.52 Å². The molecule has 3 N–H and O–H groups in total. The summed E-state index contributed by atoms with van der Waals surface area (Å²) in [5.41, 5.74) is 0.896. The molecule has 9 heteroatoms. The van der Waals surface area contributed by atoms with E-state index in [1.807, 2.05) is 0 Å². The van der Waals surface area contributed by atoms with Crippen molar-refractivity contribution in [1.29, 1.82) is 0 Å². The average Bonchev–Trinajstić information content (AvgIpc) is 3.51. The van der Waals surface area contributed by atoms with Crippen molar-refractivity contribution in [2.45, 2.75) is 44.2 Å². The second-order valence-corrected chi connectivity index (χ2v) is 6.91. The first-order valence-electron chi connectivity index (χ1n) is 8.67. The van der Waals surface area contributed by atoms with Crippen molar-refractivity contribution in [2.24, 2.45) is 0 Å². The number of carbonyl (C=O) groups is 2. The molecule has 2 saturated carbocycles. The van der Waals surface area contributed by atoms with E-state index >= 15 is 0 Å². The van der Waals surface area contributed by atoms with Gasteiger partial charge in [-0.15, -0.1) is 10.2 Å². The Labute approximate surface area is 147 Å². The standard InChI is InChI=1S/C17H17N5O4/c23-16(11-5-12-14(19-11)10(7-26-12)17(24)25)18-6-13-20-21-15(8-1-2-8)22(13)9-3-4-9/h5,7-9,19H,1-4,6H2,(H,18,23)(H,24,25). The van der Waals surface area contributed by atoms with Crippen LogP contribution in [0.4, 0.5) is 0 Å². The van der Waals surface area contributed by atoms with Crippen LogP contribution >= 0.6 is 0 Å². The molecule has 2 fully saturated rings. The molecule has 1 amide bonds. The quantitative estimate of drug-likeness (QED) is 0.622. The summed E-state index contributed by atoms with van der Waals surface area (Å²) in [4.78, 5) is 26.4. The number of carboxylic acids is 1. The zero-order chi connectivity index (χ0) is 17.8. The van der Waals surface area contributed by atoms with Crippen LogP contribution in [0.15, 0.2) is 16.7 Å². The van der Waals surface area contributed by atoms with Crippen LogP contribution in [0.2, 0.25) is 0 Å². The largest absolute Gasteiger partial charge is 0.477 e. The highest BCUT2D eigenvalue weighted by Gasteiger charge is 2.36. The summed E-state index contributed by atoms with van der Waals surface area (Å²) >= 11 is 0. The molecule has 3 aromatic rings. The molecule has 0 saturated heterocycles. The number of aromatic amines is 1. The van der Waals surface area contributed by atoms with Gasteiger partial charge in [-0.05, 0) is 25.7 Å². The molecule has 3 aromatic heterocycles. The van der Waals surface area contributed by atoms with Gasteiger partial charge in [0.2, 0.25) is 0 Å². The predicted molar refractivity (Wildman–Crippen MR) is 89.0 cm³/mol. The fraction of sp³-hybridized carbons (Fsp3) is 0.412. The molecular formula is C17H17N5O4. The number of hydrogen-bond donors (Lipinski definition) is 3. The lowest BCUT2D eigenvalue weighted by Crippen LogP contribution is -2.25. The number of furan rings is 1. The SMILES string of the molecule is O=C(NCc1nnc(C2CC2)n1C1CC1)c1cc2occ(C(=O)O)c2[nH]1. The third-order valence-corrected chi connectivity index (χ3v) is 4.88. The maximum Gasteiger partial charge on any atom is 0.341 e. The summed E-state index contributed by atoms with van der Waals surface area (Å²) in [5, 5.41) is 20.5. The van der Waals surface area contributed by atoms with E-state index in [0.717, 1.165) is 43.6 Å². The summed E-state index contributed by atoms with van der Waals surface area (Å²) in [6.45, 7) is 0.279. The number of hydrogen-bond acceptors (Lipinski definition) is 5. The first-order chi connectivity index (χ1) is 12.6. The number of fused-ring (bicyclic) bond motifs is 1. The van der Waals surface area contributed by atoms with Crippen molar-refractivity contribution >= 4 is 23.0 Å². The molecule has 0 aromatic carbocycles. The highest BCUT2D eigenvalue weighted by molar-refractivity contribution is 6.04. The van der Waals surface area contributed by atoms with Crippen LogP contribution in [0.5, 0.6) is 0 Å². The summed E-state index contributed by atoms with van der Waals surface area (Å²) in [7, 11) is 0. The van der Waals surface area contributed by atoms with Crippen molar-refractivity contribution < 1.29 is 19.1 Å². The number of aromatic carboxylic acids is 1. The number of rotatable bonds is 6. The summed E-state index contributed by atoms with van der Waals surface area (Å²) in [6.07, 6.45) is 5.73. The number of nitrogens with one attached hydrogen (secondary N) is 2. The smallest absolute Gasteiger partial charge is 0.341 e. The van der Waals surface area contributed by atoms with Crippen molar-refractivity contribution in [3.63, 3.8) is 0 Å². The summed E-state index contributed by atoms with van der Waals surface area (Å²) in [5.74, 6) is 0.871. The highest BCUT2D eigenvalue weighted by Crippen LogP contribution is 2.44. The van der Waals surface area contributed by atoms with Gasteiger partial charge >= 0.3 is 5.97 Å². The van der Waals surface area contributed by atoms with Crippen molar-refractivity contribution in [1.82, 2.24) is 25.1 Å². The van der Waals surface area contributed by atoms with Crippen molar-refractivity contribution in [3.05, 3.63) is 35.2 Å². The molecule has 0 unspecified atom stereocenters. The van der Waals surface area contributed by atoms with Crippen LogP contribution < -0.4 is 5.32 Å². The normalized spacial score (nSPS) is 16.9. The number of carbonyl (C=O) groups excluding carboxylic acids is 1. The zero-order valence-electron chi connectivity index (χ0n) is 13.9. The molecular weight excluding hydrogens is 338 g/mol. The number of H-pyrrole nitrogens is 1. The molecule has 5 rings (SSSR count). The van der Waals surface area contributed by atoms with Gasteiger partial charge in [-0.25, -0.2) is 4.79 Å². The molecule has 0 radical (unpaired) electrons. The Bertz CT molecular complexity index is 1020. The number of nitrogens with zero attached hydrogens (tertiary/aromatic N) is 3. The third kappa shape index (κ3) is 2.47. The van der Waals surface area contributed by atoms with Gasteiger partial charge in [0.05, 0.1) is 12.1 Å². The first kappa shape index (κ1) is 15.2. The van der Waals surface area contributed by atoms with Gasteiger partial charge in [-0.1, -0.05) is 0 Å². The van der Waals surface area contributed by atoms with E-state index in [1.54, 1.807) is 0 Å². The predicted octanol–water partition coefficient (Wildman–Crippen LogP) is 2.19. The van der Waals surface area contributed by atoms with Crippen molar-refractivity contribution in [3.8, 4) is 0 Å². The Morgan fingerprint density at radius 1 is 1.31 bits per heavy atom. The first-order valence-corrected chi connectivity index (χ1v) is 8.67. The van der Waals surface area contributed by atoms with Crippen LogP contribution in [0.3, 0.4) is 0 Å². The van der Waals surface area contributed by atoms with E-state index in [0.29, 0.717) is 23.1 Å². The minimum Gasteiger partial charge on any atom is -0.477 e. The maximum atomic E-state index is 12.4. The lowest BCUT2D eigenvalue weighted by Gasteiger charge is -2.09. The van der Waals surface area contributed by atoms with Gasteiger partial charge in [-0.3, -0.25) is 4.79 Å². The van der Waals surface area contributed by atoms with Crippen LogP contribution in [-0.4, -0.2) is 36.7 Å². The van der Waals surface area contributed by atoms with Gasteiger partial charge < -0.3 is 24.4 Å². The molecule has 0 spiro atoms. The van der Waals surface area contributed by atoms with Gasteiger partial charge in [0.1, 0.15) is 23.3 Å². The van der Waals surface area contributed by atoms with Crippen molar-refractivity contribution in [2.75, 3.05) is 0 Å². The highest BCUT2D eigenvalue weighted by atomic mass is 16.4. The number of carboxylic acid groups (broad SMARTS) is 1. The molecule has 134 valence electrons. The van der Waals surface area contributed by atoms with Gasteiger partial charge in [0.25, 0.3) is 5.91 Å². The summed E-state index contributed by atoms with van der Waals surface area (Å²) < 4.78 is 7.36. The van der Waals surface area contributed by atoms with Gasteiger partial charge in [-0.2, -0.15) is 0 Å². The van der Waals surface area contributed by atoms with Gasteiger partial charge in [0, 0.05) is 18.0 Å². The van der Waals surface area contributed by atoms with E-state index in [1.165, 1.54) is 6.07 Å². The fourth-order valence-electron chi connectivity index (χ4n) is 3.25. The Kier molecular flexibility index (Phi) is 3.18. The molecule has 26 heavy (non-hydrogen) atoms. The topological polar surface area (TPSA) is 126 Å². The minimum atomic E-state index is -1.11. The summed E-state index contributed by atoms with van der Waals surface area (Å²) in [6, 6.07) is 1.96. The molecule has 0 aliphatic heterocycles. The second kappa shape index (κ2) is 5.45. The monoisotopic (exact) mass is 355 g/mol. The van der Waals surface area contributed by atoms with Crippen LogP contribution in [0.1, 0.15) is 70.1 Å². The van der Waals surface area contributed by atoms with E-state index in [2.05, 4.69) is 25.1 Å². The number of aromatic nitrogens is 4. The molecule has 0 bridgehead atoms. The minimum absolute atomic E-state index is 0.00148. The Morgan fingerprint density at radius 3 is 2.81 bits per heavy atom. The number of amides is 1. The van der Waals surface area contributed by atoms with Crippen LogP contribution in [0, 0.1) is 0 Å². The molecule has 3 heterocycles. The van der Waals surface area contributed by atoms with Gasteiger partial charge in [0.15, 0.2) is 11.4 Å². The molecule has 2 aliphatic carbocycles. The third-order valence-electron chi connectivity index (χ3n) is 4.88. The maximum absolute atomic E-state index is 12.4. The average molecular weight is 355 g/mol. The molecule has 9 nitrogen and oxygen atoms in total. The Balaban J connectivity index is 1.34. The second-order valence-electron chi connectivity index (χ2n) is 6.91. The van der Waals surface area contributed by atoms with E-state index in [-0.39, 0.29) is 23.7 Å². The Morgan fingerprint density at radius 2 is 2.12 bits per heavy atom. The van der Waals surface area contributed by atoms with E-state index < -0.39 is 5.97 Å². The van der Waals surface area contributed by atoms with Crippen LogP contribution in [-0.2, 0) is 6.54 Å². The lowest BCUT2D eigenvalue weighted by atomic mass is 10.3. The van der Waals surface area contributed by atoms with Crippen LogP contribution in [0.25, 0.3) is 11.1 Å². The fourth-order valence-corrected chi connectivity index (χ4v) is 3.25. The van der Waals surface area contributed by atoms with E-state index in [9.17, 15) is 9.59 Å². The lowest BCUT2D eigenvalue weighted by molar-refractivity contribution is 0.0697. The molecule has 2 aliphatic rings.